The van der Waals surface area contributed by atoms with Crippen molar-refractivity contribution >= 4 is 23.4 Å². The van der Waals surface area contributed by atoms with Gasteiger partial charge in [0.1, 0.15) is 11.5 Å². The lowest BCUT2D eigenvalue weighted by molar-refractivity contribution is -0.141. The third-order valence-corrected chi connectivity index (χ3v) is 6.15. The van der Waals surface area contributed by atoms with Crippen LogP contribution in [-0.4, -0.2) is 79.4 Å². The summed E-state index contributed by atoms with van der Waals surface area (Å²) in [5.41, 5.74) is 1.33. The van der Waals surface area contributed by atoms with Crippen LogP contribution in [0.5, 0.6) is 11.5 Å². The third kappa shape index (κ3) is 4.92. The lowest BCUT2D eigenvalue weighted by Gasteiger charge is -2.36. The number of rotatable bonds is 6. The molecule has 0 N–H and O–H groups in total. The van der Waals surface area contributed by atoms with E-state index in [-0.39, 0.29) is 30.6 Å². The van der Waals surface area contributed by atoms with Crippen LogP contribution < -0.4 is 14.4 Å². The molecule has 0 spiro atoms. The van der Waals surface area contributed by atoms with Crippen LogP contribution in [0.15, 0.2) is 42.6 Å². The van der Waals surface area contributed by atoms with Gasteiger partial charge in [0.25, 0.3) is 0 Å². The Morgan fingerprint density at radius 3 is 2.45 bits per heavy atom. The molecule has 174 valence electrons. The van der Waals surface area contributed by atoms with Crippen molar-refractivity contribution in [2.45, 2.75) is 12.8 Å². The van der Waals surface area contributed by atoms with E-state index in [2.05, 4.69) is 4.98 Å². The Morgan fingerprint density at radius 2 is 1.79 bits per heavy atom. The van der Waals surface area contributed by atoms with E-state index in [0.717, 1.165) is 5.69 Å². The second kappa shape index (κ2) is 9.89. The van der Waals surface area contributed by atoms with Gasteiger partial charge in [0.2, 0.25) is 17.7 Å². The number of carbonyl (C=O) groups is 3. The molecule has 2 fully saturated rings. The van der Waals surface area contributed by atoms with Gasteiger partial charge in [-0.1, -0.05) is 6.07 Å². The van der Waals surface area contributed by atoms with Crippen molar-refractivity contribution in [3.8, 4) is 11.5 Å². The lowest BCUT2D eigenvalue weighted by Crippen LogP contribution is -2.52. The highest BCUT2D eigenvalue weighted by Gasteiger charge is 2.39. The highest BCUT2D eigenvalue weighted by atomic mass is 16.5. The zero-order valence-electron chi connectivity index (χ0n) is 18.9. The molecule has 3 heterocycles. The monoisotopic (exact) mass is 452 g/mol. The van der Waals surface area contributed by atoms with Crippen molar-refractivity contribution in [3.63, 3.8) is 0 Å². The average molecular weight is 453 g/mol. The van der Waals surface area contributed by atoms with Crippen LogP contribution in [0.2, 0.25) is 0 Å². The van der Waals surface area contributed by atoms with Crippen molar-refractivity contribution in [3.05, 3.63) is 48.3 Å². The van der Waals surface area contributed by atoms with Crippen molar-refractivity contribution in [2.24, 2.45) is 5.92 Å². The molecule has 2 aromatic rings. The first-order valence-corrected chi connectivity index (χ1v) is 11.0. The van der Waals surface area contributed by atoms with Gasteiger partial charge in [-0.25, -0.2) is 0 Å². The highest BCUT2D eigenvalue weighted by Crippen LogP contribution is 2.36. The number of anilines is 1. The number of hydrogen-bond acceptors (Lipinski definition) is 6. The molecule has 2 aliphatic rings. The topological polar surface area (TPSA) is 92.3 Å². The second-order valence-corrected chi connectivity index (χ2v) is 8.15. The van der Waals surface area contributed by atoms with Crippen LogP contribution in [0.4, 0.5) is 5.69 Å². The first-order chi connectivity index (χ1) is 16.0. The van der Waals surface area contributed by atoms with Crippen molar-refractivity contribution < 1.29 is 23.9 Å². The van der Waals surface area contributed by atoms with Gasteiger partial charge >= 0.3 is 0 Å². The number of pyridine rings is 1. The molecule has 9 heteroatoms. The molecule has 9 nitrogen and oxygen atoms in total. The summed E-state index contributed by atoms with van der Waals surface area (Å²) < 4.78 is 10.7. The quantitative estimate of drug-likeness (QED) is 0.657. The van der Waals surface area contributed by atoms with Crippen molar-refractivity contribution in [2.75, 3.05) is 51.8 Å². The van der Waals surface area contributed by atoms with Gasteiger partial charge in [-0.15, -0.1) is 0 Å². The summed E-state index contributed by atoms with van der Waals surface area (Å²) in [7, 11) is 3.10. The maximum absolute atomic E-state index is 13.1. The largest absolute Gasteiger partial charge is 0.497 e. The number of nitrogens with zero attached hydrogens (tertiary/aromatic N) is 4. The van der Waals surface area contributed by atoms with Crippen LogP contribution in [0.25, 0.3) is 0 Å². The SMILES string of the molecule is COc1ccc(OC)c(N2CC(C(=O)N3CCN(C(=O)Cc4ccccn4)CC3)CC2=O)c1. The number of ether oxygens (including phenoxy) is 2. The molecule has 0 radical (unpaired) electrons. The molecule has 0 aliphatic carbocycles. The summed E-state index contributed by atoms with van der Waals surface area (Å²) in [5, 5.41) is 0. The van der Waals surface area contributed by atoms with E-state index in [4.69, 9.17) is 9.47 Å². The van der Waals surface area contributed by atoms with Crippen molar-refractivity contribution in [1.82, 2.24) is 14.8 Å². The lowest BCUT2D eigenvalue weighted by atomic mass is 10.1. The van der Waals surface area contributed by atoms with E-state index in [1.165, 1.54) is 0 Å². The number of amides is 3. The molecule has 0 bridgehead atoms. The van der Waals surface area contributed by atoms with Crippen LogP contribution in [-0.2, 0) is 20.8 Å². The molecule has 2 saturated heterocycles. The Kier molecular flexibility index (Phi) is 6.76. The predicted octanol–water partition coefficient (Wildman–Crippen LogP) is 1.37. The normalized spacial score (nSPS) is 18.4. The molecule has 1 aromatic carbocycles. The number of hydrogen-bond donors (Lipinski definition) is 0. The number of piperazine rings is 1. The molecule has 4 rings (SSSR count). The molecule has 3 amide bonds. The number of benzene rings is 1. The summed E-state index contributed by atoms with van der Waals surface area (Å²) in [6, 6.07) is 10.8. The molecule has 0 saturated carbocycles. The van der Waals surface area contributed by atoms with Crippen LogP contribution in [0.1, 0.15) is 12.1 Å². The average Bonchev–Trinajstić information content (AvgIpc) is 3.25. The molecule has 33 heavy (non-hydrogen) atoms. The summed E-state index contributed by atoms with van der Waals surface area (Å²) in [5.74, 6) is 0.572. The number of methoxy groups -OCH3 is 2. The highest BCUT2D eigenvalue weighted by molar-refractivity contribution is 6.01. The second-order valence-electron chi connectivity index (χ2n) is 8.15. The Balaban J connectivity index is 1.35. The van der Waals surface area contributed by atoms with Crippen LogP contribution in [0, 0.1) is 5.92 Å². The zero-order valence-corrected chi connectivity index (χ0v) is 18.9. The van der Waals surface area contributed by atoms with Crippen molar-refractivity contribution in [1.29, 1.82) is 0 Å². The molecular weight excluding hydrogens is 424 g/mol. The minimum absolute atomic E-state index is 0.00754. The molecular formula is C24H28N4O5. The molecule has 2 aliphatic heterocycles. The maximum atomic E-state index is 13.1. The summed E-state index contributed by atoms with van der Waals surface area (Å²) in [6.07, 6.45) is 2.08. The molecule has 1 atom stereocenters. The summed E-state index contributed by atoms with van der Waals surface area (Å²) in [4.78, 5) is 47.8. The Bertz CT molecular complexity index is 1020. The van der Waals surface area contributed by atoms with Gasteiger partial charge in [-0.05, 0) is 24.3 Å². The van der Waals surface area contributed by atoms with Gasteiger partial charge in [0.05, 0.1) is 32.2 Å². The number of aromatic nitrogens is 1. The van der Waals surface area contributed by atoms with E-state index in [1.807, 2.05) is 18.2 Å². The van der Waals surface area contributed by atoms with Crippen LogP contribution >= 0.6 is 0 Å². The summed E-state index contributed by atoms with van der Waals surface area (Å²) in [6.45, 7) is 2.16. The minimum Gasteiger partial charge on any atom is -0.497 e. The van der Waals surface area contributed by atoms with E-state index in [0.29, 0.717) is 49.9 Å². The first kappa shape index (κ1) is 22.6. The van der Waals surface area contributed by atoms with E-state index >= 15 is 0 Å². The Morgan fingerprint density at radius 1 is 1.03 bits per heavy atom. The van der Waals surface area contributed by atoms with E-state index in [1.54, 1.807) is 53.3 Å². The predicted molar refractivity (Wildman–Crippen MR) is 121 cm³/mol. The first-order valence-electron chi connectivity index (χ1n) is 11.0. The molecule has 1 aromatic heterocycles. The van der Waals surface area contributed by atoms with Gasteiger partial charge < -0.3 is 24.2 Å². The maximum Gasteiger partial charge on any atom is 0.228 e. The van der Waals surface area contributed by atoms with Gasteiger partial charge in [-0.3, -0.25) is 19.4 Å². The minimum atomic E-state index is -0.427. The van der Waals surface area contributed by atoms with E-state index < -0.39 is 5.92 Å². The van der Waals surface area contributed by atoms with Crippen LogP contribution in [0.3, 0.4) is 0 Å². The fourth-order valence-corrected chi connectivity index (χ4v) is 4.32. The molecule has 1 unspecified atom stereocenters. The van der Waals surface area contributed by atoms with Gasteiger partial charge in [-0.2, -0.15) is 0 Å². The third-order valence-electron chi connectivity index (χ3n) is 6.15. The fourth-order valence-electron chi connectivity index (χ4n) is 4.32. The van der Waals surface area contributed by atoms with Gasteiger partial charge in [0, 0.05) is 57.1 Å². The standard InChI is InChI=1S/C24H28N4O5/c1-32-19-6-7-21(33-2)20(15-19)28-16-17(13-23(28)30)24(31)27-11-9-26(10-12-27)22(29)14-18-5-3-4-8-25-18/h3-8,15,17H,9-14,16H2,1-2H3. The number of carbonyl (C=O) groups excluding carboxylic acids is 3. The van der Waals surface area contributed by atoms with Gasteiger partial charge in [0.15, 0.2) is 0 Å². The smallest absolute Gasteiger partial charge is 0.228 e. The Hall–Kier alpha value is -3.62. The van der Waals surface area contributed by atoms with E-state index in [9.17, 15) is 14.4 Å². The fraction of sp³-hybridized carbons (Fsp3) is 0.417. The zero-order chi connectivity index (χ0) is 23.4. The Labute approximate surface area is 192 Å². The summed E-state index contributed by atoms with van der Waals surface area (Å²) >= 11 is 0.